The summed E-state index contributed by atoms with van der Waals surface area (Å²) in [6.07, 6.45) is 0.611. The molecule has 2 aromatic rings. The summed E-state index contributed by atoms with van der Waals surface area (Å²) in [5, 5.41) is 0.508. The Hall–Kier alpha value is -1.40. The van der Waals surface area contributed by atoms with Crippen LogP contribution in [-0.2, 0) is 21.4 Å². The van der Waals surface area contributed by atoms with E-state index in [9.17, 15) is 8.42 Å². The van der Waals surface area contributed by atoms with Crippen molar-refractivity contribution in [2.75, 3.05) is 13.2 Å². The van der Waals surface area contributed by atoms with Gasteiger partial charge >= 0.3 is 0 Å². The number of hydrogen-bond donors (Lipinski definition) is 1. The number of hydrogen-bond acceptors (Lipinski definition) is 3. The van der Waals surface area contributed by atoms with Crippen molar-refractivity contribution in [1.29, 1.82) is 0 Å². The molecular formula is C16H18ClNO3S. The molecule has 22 heavy (non-hydrogen) atoms. The van der Waals surface area contributed by atoms with Crippen molar-refractivity contribution in [3.05, 3.63) is 65.2 Å². The van der Waals surface area contributed by atoms with Gasteiger partial charge in [-0.1, -0.05) is 41.9 Å². The number of rotatable bonds is 8. The van der Waals surface area contributed by atoms with E-state index in [1.807, 2.05) is 30.3 Å². The molecule has 2 aromatic carbocycles. The van der Waals surface area contributed by atoms with Gasteiger partial charge in [0.05, 0.1) is 11.5 Å². The van der Waals surface area contributed by atoms with E-state index in [0.29, 0.717) is 31.2 Å². The van der Waals surface area contributed by atoms with Crippen molar-refractivity contribution in [3.8, 4) is 0 Å². The third-order valence-corrected chi connectivity index (χ3v) is 4.72. The largest absolute Gasteiger partial charge is 0.377 e. The van der Waals surface area contributed by atoms with E-state index in [2.05, 4.69) is 4.72 Å². The molecule has 2 rings (SSSR count). The molecule has 0 aliphatic rings. The number of benzene rings is 2. The monoisotopic (exact) mass is 339 g/mol. The fourth-order valence-electron chi connectivity index (χ4n) is 1.84. The summed E-state index contributed by atoms with van der Waals surface area (Å²) in [4.78, 5) is 0.210. The van der Waals surface area contributed by atoms with Crippen molar-refractivity contribution in [2.45, 2.75) is 17.9 Å². The van der Waals surface area contributed by atoms with Crippen LogP contribution in [0.4, 0.5) is 0 Å². The first-order chi connectivity index (χ1) is 10.6. The highest BCUT2D eigenvalue weighted by Crippen LogP contribution is 2.13. The van der Waals surface area contributed by atoms with E-state index in [4.69, 9.17) is 16.3 Å². The molecule has 4 nitrogen and oxygen atoms in total. The molecule has 0 saturated carbocycles. The Morgan fingerprint density at radius 1 is 1.00 bits per heavy atom. The van der Waals surface area contributed by atoms with Gasteiger partial charge in [0.25, 0.3) is 0 Å². The third kappa shape index (κ3) is 5.42. The maximum atomic E-state index is 12.0. The minimum absolute atomic E-state index is 0.210. The summed E-state index contributed by atoms with van der Waals surface area (Å²) >= 11 is 5.74. The highest BCUT2D eigenvalue weighted by molar-refractivity contribution is 7.89. The molecule has 0 unspecified atom stereocenters. The predicted octanol–water partition coefficient (Wildman–Crippen LogP) is 3.23. The van der Waals surface area contributed by atoms with Crippen LogP contribution >= 0.6 is 11.6 Å². The molecule has 0 fully saturated rings. The zero-order valence-electron chi connectivity index (χ0n) is 12.0. The van der Waals surface area contributed by atoms with Crippen LogP contribution in [0.3, 0.4) is 0 Å². The van der Waals surface area contributed by atoms with Crippen molar-refractivity contribution < 1.29 is 13.2 Å². The average molecular weight is 340 g/mol. The van der Waals surface area contributed by atoms with Crippen LogP contribution in [0.5, 0.6) is 0 Å². The van der Waals surface area contributed by atoms with E-state index >= 15 is 0 Å². The van der Waals surface area contributed by atoms with Gasteiger partial charge in [0.1, 0.15) is 0 Å². The second-order valence-corrected chi connectivity index (χ2v) is 6.95. The van der Waals surface area contributed by atoms with Crippen molar-refractivity contribution in [2.24, 2.45) is 0 Å². The van der Waals surface area contributed by atoms with Crippen molar-refractivity contribution in [3.63, 3.8) is 0 Å². The lowest BCUT2D eigenvalue weighted by molar-refractivity contribution is 0.119. The number of ether oxygens (including phenoxy) is 1. The fourth-order valence-corrected chi connectivity index (χ4v) is 3.04. The highest BCUT2D eigenvalue weighted by atomic mass is 35.5. The van der Waals surface area contributed by atoms with E-state index in [-0.39, 0.29) is 4.90 Å². The van der Waals surface area contributed by atoms with Gasteiger partial charge in [-0.3, -0.25) is 0 Å². The van der Waals surface area contributed by atoms with Gasteiger partial charge in [0.15, 0.2) is 0 Å². The van der Waals surface area contributed by atoms with Gasteiger partial charge in [0, 0.05) is 18.2 Å². The van der Waals surface area contributed by atoms with Crippen LogP contribution < -0.4 is 4.72 Å². The van der Waals surface area contributed by atoms with Crippen LogP contribution in [0, 0.1) is 0 Å². The van der Waals surface area contributed by atoms with Crippen molar-refractivity contribution >= 4 is 21.6 Å². The Balaban J connectivity index is 1.68. The molecule has 0 aromatic heterocycles. The van der Waals surface area contributed by atoms with Gasteiger partial charge in [-0.05, 0) is 36.2 Å². The maximum absolute atomic E-state index is 12.0. The van der Waals surface area contributed by atoms with Gasteiger partial charge in [0.2, 0.25) is 10.0 Å². The molecule has 0 heterocycles. The highest BCUT2D eigenvalue weighted by Gasteiger charge is 2.12. The lowest BCUT2D eigenvalue weighted by atomic mass is 10.2. The average Bonchev–Trinajstić information content (AvgIpc) is 2.52. The molecule has 0 radical (unpaired) electrons. The first kappa shape index (κ1) is 17.0. The quantitative estimate of drug-likeness (QED) is 0.751. The molecule has 6 heteroatoms. The normalized spacial score (nSPS) is 11.5. The lowest BCUT2D eigenvalue weighted by Gasteiger charge is -2.07. The Morgan fingerprint density at radius 2 is 1.68 bits per heavy atom. The topological polar surface area (TPSA) is 55.4 Å². The standard InChI is InChI=1S/C16H18ClNO3S/c17-15-7-9-16(10-8-15)22(19,20)18-11-4-12-21-13-14-5-2-1-3-6-14/h1-3,5-10,18H,4,11-13H2. The fraction of sp³-hybridized carbons (Fsp3) is 0.250. The zero-order chi connectivity index (χ0) is 15.8. The second-order valence-electron chi connectivity index (χ2n) is 4.74. The molecule has 118 valence electrons. The summed E-state index contributed by atoms with van der Waals surface area (Å²) in [7, 11) is -3.48. The Labute approximate surface area is 136 Å². The smallest absolute Gasteiger partial charge is 0.240 e. The molecule has 0 amide bonds. The van der Waals surface area contributed by atoms with Gasteiger partial charge < -0.3 is 4.74 Å². The predicted molar refractivity (Wildman–Crippen MR) is 87.4 cm³/mol. The Morgan fingerprint density at radius 3 is 2.36 bits per heavy atom. The summed E-state index contributed by atoms with van der Waals surface area (Å²) in [5.41, 5.74) is 1.10. The molecule has 0 saturated heterocycles. The van der Waals surface area contributed by atoms with Crippen LogP contribution in [0.25, 0.3) is 0 Å². The van der Waals surface area contributed by atoms with Crippen LogP contribution in [0.2, 0.25) is 5.02 Å². The number of sulfonamides is 1. The first-order valence-corrected chi connectivity index (χ1v) is 8.81. The SMILES string of the molecule is O=S(=O)(NCCCOCc1ccccc1)c1ccc(Cl)cc1. The van der Waals surface area contributed by atoms with E-state index in [1.165, 1.54) is 12.1 Å². The molecule has 0 atom stereocenters. The van der Waals surface area contributed by atoms with E-state index < -0.39 is 10.0 Å². The number of halogens is 1. The van der Waals surface area contributed by atoms with Crippen LogP contribution in [0.1, 0.15) is 12.0 Å². The summed E-state index contributed by atoms with van der Waals surface area (Å²) in [6.45, 7) is 1.36. The van der Waals surface area contributed by atoms with Crippen molar-refractivity contribution in [1.82, 2.24) is 4.72 Å². The van der Waals surface area contributed by atoms with Gasteiger partial charge in [-0.15, -0.1) is 0 Å². The summed E-state index contributed by atoms with van der Waals surface area (Å²) in [5.74, 6) is 0. The molecular weight excluding hydrogens is 322 g/mol. The van der Waals surface area contributed by atoms with E-state index in [0.717, 1.165) is 5.56 Å². The van der Waals surface area contributed by atoms with Crippen LogP contribution in [0.15, 0.2) is 59.5 Å². The summed E-state index contributed by atoms with van der Waals surface area (Å²) < 4.78 is 32.1. The molecule has 0 spiro atoms. The Bertz CT molecular complexity index is 672. The van der Waals surface area contributed by atoms with Crippen LogP contribution in [-0.4, -0.2) is 21.6 Å². The molecule has 0 aliphatic heterocycles. The van der Waals surface area contributed by atoms with Gasteiger partial charge in [-0.25, -0.2) is 13.1 Å². The second kappa shape index (κ2) is 8.29. The third-order valence-electron chi connectivity index (χ3n) is 2.99. The first-order valence-electron chi connectivity index (χ1n) is 6.95. The Kier molecular flexibility index (Phi) is 6.39. The maximum Gasteiger partial charge on any atom is 0.240 e. The molecule has 1 N–H and O–H groups in total. The molecule has 0 bridgehead atoms. The lowest BCUT2D eigenvalue weighted by Crippen LogP contribution is -2.25. The van der Waals surface area contributed by atoms with E-state index in [1.54, 1.807) is 12.1 Å². The number of nitrogens with one attached hydrogen (secondary N) is 1. The minimum Gasteiger partial charge on any atom is -0.377 e. The van der Waals surface area contributed by atoms with Gasteiger partial charge in [-0.2, -0.15) is 0 Å². The molecule has 0 aliphatic carbocycles. The zero-order valence-corrected chi connectivity index (χ0v) is 13.6. The minimum atomic E-state index is -3.48. The summed E-state index contributed by atoms with van der Waals surface area (Å²) in [6, 6.07) is 15.9.